The van der Waals surface area contributed by atoms with Crippen molar-refractivity contribution >= 4 is 23.6 Å². The summed E-state index contributed by atoms with van der Waals surface area (Å²) in [7, 11) is 0. The van der Waals surface area contributed by atoms with E-state index in [0.717, 1.165) is 6.08 Å². The van der Waals surface area contributed by atoms with Crippen LogP contribution in [0.5, 0.6) is 5.75 Å². The fourth-order valence-electron chi connectivity index (χ4n) is 2.47. The Bertz CT molecular complexity index is 829. The van der Waals surface area contributed by atoms with E-state index in [2.05, 4.69) is 0 Å². The van der Waals surface area contributed by atoms with Gasteiger partial charge in [0.05, 0.1) is 5.57 Å². The number of carboxylic acid groups (broad SMARTS) is 1. The third-order valence-electron chi connectivity index (χ3n) is 3.57. The molecule has 0 aromatic heterocycles. The fraction of sp³-hybridized carbons (Fsp3) is 0.118. The van der Waals surface area contributed by atoms with Crippen LogP contribution in [0, 0.1) is 0 Å². The minimum Gasteiger partial charge on any atom is -0.478 e. The molecule has 1 aliphatic heterocycles. The second-order valence-corrected chi connectivity index (χ2v) is 5.59. The SMILES string of the molecule is O=C(O)C1=Cc2cc(Cl)c(-c3ccccc3)cc2O[C@@H]1C(F)(F)F. The molecule has 2 aromatic rings. The van der Waals surface area contributed by atoms with Crippen LogP contribution >= 0.6 is 11.6 Å². The molecule has 0 aliphatic carbocycles. The summed E-state index contributed by atoms with van der Waals surface area (Å²) in [6, 6.07) is 11.6. The number of fused-ring (bicyclic) bond motifs is 1. The van der Waals surface area contributed by atoms with Gasteiger partial charge < -0.3 is 9.84 Å². The number of hydrogen-bond donors (Lipinski definition) is 1. The van der Waals surface area contributed by atoms with Crippen molar-refractivity contribution in [1.29, 1.82) is 0 Å². The molecule has 0 bridgehead atoms. The van der Waals surface area contributed by atoms with Crippen LogP contribution < -0.4 is 4.74 Å². The first-order chi connectivity index (χ1) is 11.3. The molecule has 0 spiro atoms. The highest BCUT2D eigenvalue weighted by molar-refractivity contribution is 6.33. The Morgan fingerprint density at radius 2 is 1.83 bits per heavy atom. The number of carbonyl (C=O) groups is 1. The van der Waals surface area contributed by atoms with Crippen LogP contribution in [-0.4, -0.2) is 23.4 Å². The number of halogens is 4. The molecule has 0 fully saturated rings. The molecule has 7 heteroatoms. The van der Waals surface area contributed by atoms with Crippen LogP contribution in [0.1, 0.15) is 5.56 Å². The van der Waals surface area contributed by atoms with Gasteiger partial charge in [-0.3, -0.25) is 0 Å². The quantitative estimate of drug-likeness (QED) is 0.842. The second-order valence-electron chi connectivity index (χ2n) is 5.18. The summed E-state index contributed by atoms with van der Waals surface area (Å²) in [6.45, 7) is 0. The van der Waals surface area contributed by atoms with Crippen LogP contribution in [0.2, 0.25) is 5.02 Å². The van der Waals surface area contributed by atoms with E-state index in [1.807, 2.05) is 0 Å². The molecule has 3 nitrogen and oxygen atoms in total. The first-order valence-electron chi connectivity index (χ1n) is 6.84. The van der Waals surface area contributed by atoms with Gasteiger partial charge in [-0.05, 0) is 23.8 Å². The standard InChI is InChI=1S/C17H10ClF3O3/c18-13-7-10-6-12(16(22)23)15(17(19,20)21)24-14(10)8-11(13)9-4-2-1-3-5-9/h1-8,15H,(H,22,23)/t15-/m0/s1. The molecule has 0 amide bonds. The van der Waals surface area contributed by atoms with E-state index < -0.39 is 23.8 Å². The number of carboxylic acids is 1. The van der Waals surface area contributed by atoms with E-state index in [-0.39, 0.29) is 16.3 Å². The number of rotatable bonds is 2. The maximum Gasteiger partial charge on any atom is 0.430 e. The van der Waals surface area contributed by atoms with Gasteiger partial charge in [0, 0.05) is 16.1 Å². The van der Waals surface area contributed by atoms with Crippen molar-refractivity contribution < 1.29 is 27.8 Å². The van der Waals surface area contributed by atoms with Crippen LogP contribution in [0.4, 0.5) is 13.2 Å². The van der Waals surface area contributed by atoms with Gasteiger partial charge in [0.15, 0.2) is 0 Å². The third-order valence-corrected chi connectivity index (χ3v) is 3.88. The zero-order valence-corrected chi connectivity index (χ0v) is 12.7. The maximum absolute atomic E-state index is 13.1. The lowest BCUT2D eigenvalue weighted by molar-refractivity contribution is -0.187. The van der Waals surface area contributed by atoms with Crippen molar-refractivity contribution in [3.8, 4) is 16.9 Å². The summed E-state index contributed by atoms with van der Waals surface area (Å²) >= 11 is 6.19. The average Bonchev–Trinajstić information content (AvgIpc) is 2.53. The topological polar surface area (TPSA) is 46.5 Å². The summed E-state index contributed by atoms with van der Waals surface area (Å²) in [5, 5.41) is 9.31. The molecule has 3 rings (SSSR count). The lowest BCUT2D eigenvalue weighted by Crippen LogP contribution is -2.40. The molecule has 1 heterocycles. The summed E-state index contributed by atoms with van der Waals surface area (Å²) in [5.41, 5.74) is 0.533. The van der Waals surface area contributed by atoms with E-state index in [0.29, 0.717) is 11.1 Å². The van der Waals surface area contributed by atoms with Gasteiger partial charge in [-0.2, -0.15) is 13.2 Å². The Balaban J connectivity index is 2.14. The largest absolute Gasteiger partial charge is 0.478 e. The van der Waals surface area contributed by atoms with Crippen molar-refractivity contribution in [2.75, 3.05) is 0 Å². The molecule has 1 atom stereocenters. The van der Waals surface area contributed by atoms with E-state index in [1.165, 1.54) is 12.1 Å². The Morgan fingerprint density at radius 3 is 2.42 bits per heavy atom. The molecular formula is C17H10ClF3O3. The predicted molar refractivity (Wildman–Crippen MR) is 83.0 cm³/mol. The molecule has 0 unspecified atom stereocenters. The number of benzene rings is 2. The van der Waals surface area contributed by atoms with E-state index >= 15 is 0 Å². The van der Waals surface area contributed by atoms with E-state index in [9.17, 15) is 18.0 Å². The Kier molecular flexibility index (Phi) is 4.01. The smallest absolute Gasteiger partial charge is 0.430 e. The molecule has 24 heavy (non-hydrogen) atoms. The molecule has 1 N–H and O–H groups in total. The molecule has 0 radical (unpaired) electrons. The van der Waals surface area contributed by atoms with Crippen LogP contribution in [0.15, 0.2) is 48.0 Å². The average molecular weight is 355 g/mol. The van der Waals surface area contributed by atoms with Gasteiger partial charge in [0.1, 0.15) is 5.75 Å². The van der Waals surface area contributed by atoms with Gasteiger partial charge >= 0.3 is 12.1 Å². The highest BCUT2D eigenvalue weighted by Crippen LogP contribution is 2.41. The normalized spacial score (nSPS) is 16.8. The summed E-state index contributed by atoms with van der Waals surface area (Å²) in [4.78, 5) is 11.1. The third kappa shape index (κ3) is 2.97. The number of aliphatic carboxylic acids is 1. The zero-order chi connectivity index (χ0) is 17.5. The Hall–Kier alpha value is -2.47. The van der Waals surface area contributed by atoms with Crippen LogP contribution in [0.25, 0.3) is 17.2 Å². The summed E-state index contributed by atoms with van der Waals surface area (Å²) in [5.74, 6) is -1.75. The van der Waals surface area contributed by atoms with Crippen molar-refractivity contribution in [3.05, 3.63) is 58.6 Å². The minimum absolute atomic E-state index is 0.0643. The predicted octanol–water partition coefficient (Wildman–Crippen LogP) is 4.80. The van der Waals surface area contributed by atoms with Gasteiger partial charge in [-0.1, -0.05) is 41.9 Å². The molecule has 0 saturated heterocycles. The van der Waals surface area contributed by atoms with Crippen molar-refractivity contribution in [3.63, 3.8) is 0 Å². The van der Waals surface area contributed by atoms with Crippen LogP contribution in [0.3, 0.4) is 0 Å². The Morgan fingerprint density at radius 1 is 1.17 bits per heavy atom. The Labute approximate surface area is 139 Å². The molecule has 2 aromatic carbocycles. The van der Waals surface area contributed by atoms with Gasteiger partial charge in [0.2, 0.25) is 6.10 Å². The van der Waals surface area contributed by atoms with Crippen molar-refractivity contribution in [1.82, 2.24) is 0 Å². The zero-order valence-electron chi connectivity index (χ0n) is 12.0. The first kappa shape index (κ1) is 16.4. The number of hydrogen-bond acceptors (Lipinski definition) is 2. The first-order valence-corrected chi connectivity index (χ1v) is 7.22. The maximum atomic E-state index is 13.1. The van der Waals surface area contributed by atoms with Crippen molar-refractivity contribution in [2.45, 2.75) is 12.3 Å². The lowest BCUT2D eigenvalue weighted by atomic mass is 9.97. The number of alkyl halides is 3. The molecule has 1 aliphatic rings. The fourth-order valence-corrected chi connectivity index (χ4v) is 2.75. The highest BCUT2D eigenvalue weighted by atomic mass is 35.5. The van der Waals surface area contributed by atoms with Gasteiger partial charge in [-0.15, -0.1) is 0 Å². The lowest BCUT2D eigenvalue weighted by Gasteiger charge is -2.27. The van der Waals surface area contributed by atoms with Gasteiger partial charge in [-0.25, -0.2) is 4.79 Å². The van der Waals surface area contributed by atoms with Gasteiger partial charge in [0.25, 0.3) is 0 Å². The molecular weight excluding hydrogens is 345 g/mol. The highest BCUT2D eigenvalue weighted by Gasteiger charge is 2.48. The van der Waals surface area contributed by atoms with E-state index in [4.69, 9.17) is 21.4 Å². The van der Waals surface area contributed by atoms with Crippen molar-refractivity contribution in [2.24, 2.45) is 0 Å². The number of ether oxygens (including phenoxy) is 1. The summed E-state index contributed by atoms with van der Waals surface area (Å²) < 4.78 is 44.2. The van der Waals surface area contributed by atoms with Crippen LogP contribution in [-0.2, 0) is 4.79 Å². The monoisotopic (exact) mass is 354 g/mol. The second kappa shape index (κ2) is 5.87. The molecule has 124 valence electrons. The molecule has 0 saturated carbocycles. The summed E-state index contributed by atoms with van der Waals surface area (Å²) in [6.07, 6.45) is -6.42. The minimum atomic E-state index is -4.84. The van der Waals surface area contributed by atoms with E-state index in [1.54, 1.807) is 30.3 Å².